The third kappa shape index (κ3) is 2.29. The van der Waals surface area contributed by atoms with E-state index in [1.165, 1.54) is 32.1 Å². The zero-order valence-electron chi connectivity index (χ0n) is 11.1. The molecule has 0 aromatic rings. The number of nitriles is 1. The van der Waals surface area contributed by atoms with Crippen LogP contribution >= 0.6 is 0 Å². The van der Waals surface area contributed by atoms with Crippen LogP contribution in [0.3, 0.4) is 0 Å². The second-order valence-electron chi connectivity index (χ2n) is 6.42. The summed E-state index contributed by atoms with van der Waals surface area (Å²) in [6.45, 7) is 1.43. The van der Waals surface area contributed by atoms with Crippen molar-refractivity contribution in [1.29, 1.82) is 5.26 Å². The number of ether oxygens (including phenoxy) is 2. The van der Waals surface area contributed by atoms with E-state index in [-0.39, 0.29) is 11.0 Å². The summed E-state index contributed by atoms with van der Waals surface area (Å²) in [7, 11) is 0. The molecule has 3 heteroatoms. The summed E-state index contributed by atoms with van der Waals surface area (Å²) in [5.41, 5.74) is -0.0795. The molecule has 2 aliphatic heterocycles. The lowest BCUT2D eigenvalue weighted by molar-refractivity contribution is -0.0660. The van der Waals surface area contributed by atoms with E-state index in [1.54, 1.807) is 0 Å². The molecular formula is C15H23NO2. The smallest absolute Gasteiger partial charge is 0.0832 e. The SMILES string of the molecule is N#CC1(CC2CCC3(CCCC3)O2)CCCOC1. The van der Waals surface area contributed by atoms with Crippen molar-refractivity contribution < 1.29 is 9.47 Å². The van der Waals surface area contributed by atoms with Crippen molar-refractivity contribution in [3.8, 4) is 6.07 Å². The molecule has 0 amide bonds. The van der Waals surface area contributed by atoms with Gasteiger partial charge in [-0.15, -0.1) is 0 Å². The van der Waals surface area contributed by atoms with Gasteiger partial charge in [0.15, 0.2) is 0 Å². The minimum Gasteiger partial charge on any atom is -0.380 e. The number of hydrogen-bond acceptors (Lipinski definition) is 3. The average Bonchev–Trinajstić information content (AvgIpc) is 3.02. The van der Waals surface area contributed by atoms with Crippen molar-refractivity contribution in [3.63, 3.8) is 0 Å². The van der Waals surface area contributed by atoms with Crippen molar-refractivity contribution >= 4 is 0 Å². The number of nitrogens with zero attached hydrogens (tertiary/aromatic N) is 1. The van der Waals surface area contributed by atoms with E-state index < -0.39 is 0 Å². The van der Waals surface area contributed by atoms with E-state index in [9.17, 15) is 5.26 Å². The quantitative estimate of drug-likeness (QED) is 0.754. The second kappa shape index (κ2) is 4.83. The highest BCUT2D eigenvalue weighted by molar-refractivity contribution is 5.03. The summed E-state index contributed by atoms with van der Waals surface area (Å²) >= 11 is 0. The van der Waals surface area contributed by atoms with Crippen LogP contribution in [0.15, 0.2) is 0 Å². The molecule has 1 aliphatic carbocycles. The zero-order valence-corrected chi connectivity index (χ0v) is 11.1. The highest BCUT2D eigenvalue weighted by Gasteiger charge is 2.45. The molecule has 3 aliphatic rings. The Hall–Kier alpha value is -0.590. The van der Waals surface area contributed by atoms with Gasteiger partial charge < -0.3 is 9.47 Å². The molecule has 0 N–H and O–H groups in total. The molecular weight excluding hydrogens is 226 g/mol. The van der Waals surface area contributed by atoms with Crippen LogP contribution < -0.4 is 0 Å². The monoisotopic (exact) mass is 249 g/mol. The number of hydrogen-bond donors (Lipinski definition) is 0. The third-order valence-corrected chi connectivity index (χ3v) is 5.03. The first-order chi connectivity index (χ1) is 8.76. The van der Waals surface area contributed by atoms with Gasteiger partial charge in [-0.3, -0.25) is 0 Å². The molecule has 3 rings (SSSR count). The van der Waals surface area contributed by atoms with Crippen molar-refractivity contribution in [2.45, 2.75) is 69.5 Å². The maximum Gasteiger partial charge on any atom is 0.0832 e. The summed E-state index contributed by atoms with van der Waals surface area (Å²) in [4.78, 5) is 0. The van der Waals surface area contributed by atoms with Gasteiger partial charge in [-0.2, -0.15) is 5.26 Å². The Kier molecular flexibility index (Phi) is 3.34. The Morgan fingerprint density at radius 1 is 1.11 bits per heavy atom. The minimum absolute atomic E-state index is 0.191. The lowest BCUT2D eigenvalue weighted by Crippen LogP contribution is -2.35. The second-order valence-corrected chi connectivity index (χ2v) is 6.42. The standard InChI is InChI=1S/C15H23NO2/c16-11-14(5-3-9-17-12-14)10-13-4-8-15(18-13)6-1-2-7-15/h13H,1-10,12H2. The van der Waals surface area contributed by atoms with E-state index in [1.807, 2.05) is 0 Å². The van der Waals surface area contributed by atoms with Gasteiger partial charge in [-0.1, -0.05) is 12.8 Å². The summed E-state index contributed by atoms with van der Waals surface area (Å²) in [6.07, 6.45) is 10.6. The molecule has 2 heterocycles. The van der Waals surface area contributed by atoms with Gasteiger partial charge in [-0.05, 0) is 44.9 Å². The fourth-order valence-corrected chi connectivity index (χ4v) is 4.01. The van der Waals surface area contributed by atoms with Crippen LogP contribution in [0.4, 0.5) is 0 Å². The van der Waals surface area contributed by atoms with Crippen LogP contribution in [0.2, 0.25) is 0 Å². The zero-order chi connectivity index (χ0) is 12.5. The lowest BCUT2D eigenvalue weighted by Gasteiger charge is -2.33. The lowest BCUT2D eigenvalue weighted by atomic mass is 9.78. The summed E-state index contributed by atoms with van der Waals surface area (Å²) in [5, 5.41) is 9.47. The van der Waals surface area contributed by atoms with Crippen LogP contribution in [0.25, 0.3) is 0 Å². The molecule has 3 nitrogen and oxygen atoms in total. The first kappa shape index (κ1) is 12.4. The molecule has 2 atom stereocenters. The first-order valence-electron chi connectivity index (χ1n) is 7.43. The number of rotatable bonds is 2. The molecule has 3 fully saturated rings. The van der Waals surface area contributed by atoms with Crippen LogP contribution in [0.5, 0.6) is 0 Å². The highest BCUT2D eigenvalue weighted by Crippen LogP contribution is 2.46. The average molecular weight is 249 g/mol. The Bertz CT molecular complexity index is 335. The molecule has 0 aromatic heterocycles. The topological polar surface area (TPSA) is 42.2 Å². The Balaban J connectivity index is 1.61. The first-order valence-corrected chi connectivity index (χ1v) is 7.43. The fraction of sp³-hybridized carbons (Fsp3) is 0.933. The van der Waals surface area contributed by atoms with E-state index >= 15 is 0 Å². The van der Waals surface area contributed by atoms with E-state index in [0.29, 0.717) is 12.7 Å². The molecule has 0 aromatic carbocycles. The van der Waals surface area contributed by atoms with Gasteiger partial charge in [-0.25, -0.2) is 0 Å². The maximum atomic E-state index is 9.47. The minimum atomic E-state index is -0.271. The largest absolute Gasteiger partial charge is 0.380 e. The van der Waals surface area contributed by atoms with Crippen LogP contribution in [0, 0.1) is 16.7 Å². The molecule has 18 heavy (non-hydrogen) atoms. The molecule has 0 radical (unpaired) electrons. The summed E-state index contributed by atoms with van der Waals surface area (Å²) in [6, 6.07) is 2.52. The molecule has 2 saturated heterocycles. The van der Waals surface area contributed by atoms with E-state index in [4.69, 9.17) is 9.47 Å². The van der Waals surface area contributed by atoms with Gasteiger partial charge in [0.1, 0.15) is 0 Å². The van der Waals surface area contributed by atoms with Crippen LogP contribution in [-0.4, -0.2) is 24.9 Å². The predicted octanol–water partition coefficient (Wildman–Crippen LogP) is 3.19. The Labute approximate surface area is 109 Å². The third-order valence-electron chi connectivity index (χ3n) is 5.03. The van der Waals surface area contributed by atoms with Gasteiger partial charge in [0.05, 0.1) is 29.8 Å². The Morgan fingerprint density at radius 2 is 1.94 bits per heavy atom. The Morgan fingerprint density at radius 3 is 2.61 bits per heavy atom. The van der Waals surface area contributed by atoms with Gasteiger partial charge in [0.2, 0.25) is 0 Å². The highest BCUT2D eigenvalue weighted by atomic mass is 16.5. The van der Waals surface area contributed by atoms with Crippen molar-refractivity contribution in [1.82, 2.24) is 0 Å². The van der Waals surface area contributed by atoms with Crippen LogP contribution in [-0.2, 0) is 9.47 Å². The van der Waals surface area contributed by atoms with Gasteiger partial charge in [0.25, 0.3) is 0 Å². The predicted molar refractivity (Wildman–Crippen MR) is 68.0 cm³/mol. The van der Waals surface area contributed by atoms with Crippen molar-refractivity contribution in [3.05, 3.63) is 0 Å². The van der Waals surface area contributed by atoms with E-state index in [0.717, 1.165) is 32.3 Å². The molecule has 0 bridgehead atoms. The van der Waals surface area contributed by atoms with Crippen LogP contribution in [0.1, 0.15) is 57.8 Å². The van der Waals surface area contributed by atoms with Gasteiger partial charge in [0, 0.05) is 6.61 Å². The molecule has 1 saturated carbocycles. The maximum absolute atomic E-state index is 9.47. The van der Waals surface area contributed by atoms with Gasteiger partial charge >= 0.3 is 0 Å². The normalized spacial score (nSPS) is 38.9. The summed E-state index contributed by atoms with van der Waals surface area (Å²) in [5.74, 6) is 0. The van der Waals surface area contributed by atoms with Crippen molar-refractivity contribution in [2.75, 3.05) is 13.2 Å². The molecule has 1 spiro atoms. The molecule has 100 valence electrons. The fourth-order valence-electron chi connectivity index (χ4n) is 4.01. The summed E-state index contributed by atoms with van der Waals surface area (Å²) < 4.78 is 11.9. The molecule has 2 unspecified atom stereocenters. The van der Waals surface area contributed by atoms with E-state index in [2.05, 4.69) is 6.07 Å². The van der Waals surface area contributed by atoms with Crippen molar-refractivity contribution in [2.24, 2.45) is 5.41 Å².